The predicted molar refractivity (Wildman–Crippen MR) is 55.3 cm³/mol. The topological polar surface area (TPSA) is 83.8 Å². The van der Waals surface area contributed by atoms with Crippen LogP contribution in [0.2, 0.25) is 0 Å². The molecule has 1 rings (SSSR count). The molecule has 5 nitrogen and oxygen atoms in total. The number of carbonyl (C=O) groups excluding carboxylic acids is 1. The molecule has 1 aromatic rings. The van der Waals surface area contributed by atoms with Gasteiger partial charge in [-0.15, -0.1) is 0 Å². The van der Waals surface area contributed by atoms with E-state index in [1.807, 2.05) is 0 Å². The largest absolute Gasteiger partial charge is 0.391 e. The van der Waals surface area contributed by atoms with Gasteiger partial charge in [0.15, 0.2) is 5.82 Å². The molecule has 8 heteroatoms. The van der Waals surface area contributed by atoms with E-state index in [4.69, 9.17) is 5.73 Å². The van der Waals surface area contributed by atoms with Crippen molar-refractivity contribution in [2.75, 3.05) is 5.73 Å². The van der Waals surface area contributed by atoms with Crippen LogP contribution in [-0.2, 0) is 0 Å². The molecule has 0 bridgehead atoms. The van der Waals surface area contributed by atoms with Crippen molar-refractivity contribution >= 4 is 11.7 Å². The summed E-state index contributed by atoms with van der Waals surface area (Å²) in [5, 5.41) is 8.29. The van der Waals surface area contributed by atoms with Gasteiger partial charge >= 0.3 is 6.18 Å². The number of hydrogen-bond acceptors (Lipinski definition) is 3. The summed E-state index contributed by atoms with van der Waals surface area (Å²) < 4.78 is 36.2. The lowest BCUT2D eigenvalue weighted by atomic mass is 10.2. The predicted octanol–water partition coefficient (Wildman–Crippen LogP) is 1.37. The van der Waals surface area contributed by atoms with Crippen LogP contribution in [0.5, 0.6) is 0 Å². The highest BCUT2D eigenvalue weighted by atomic mass is 19.4. The van der Waals surface area contributed by atoms with Crippen molar-refractivity contribution in [3.63, 3.8) is 0 Å². The number of aromatic nitrogens is 2. The number of aromatic amines is 1. The number of amides is 1. The van der Waals surface area contributed by atoms with E-state index >= 15 is 0 Å². The molecule has 0 radical (unpaired) electrons. The minimum absolute atomic E-state index is 0.0285. The second-order valence-electron chi connectivity index (χ2n) is 3.80. The van der Waals surface area contributed by atoms with Crippen LogP contribution < -0.4 is 11.1 Å². The zero-order valence-corrected chi connectivity index (χ0v) is 9.35. The van der Waals surface area contributed by atoms with Crippen LogP contribution in [0.15, 0.2) is 0 Å². The summed E-state index contributed by atoms with van der Waals surface area (Å²) in [7, 11) is 0. The number of nitrogens with zero attached hydrogens (tertiary/aromatic N) is 1. The molecule has 1 heterocycles. The third-order valence-corrected chi connectivity index (χ3v) is 2.12. The van der Waals surface area contributed by atoms with E-state index in [2.05, 4.69) is 15.5 Å². The quantitative estimate of drug-likeness (QED) is 0.757. The number of halogens is 3. The molecule has 17 heavy (non-hydrogen) atoms. The molecule has 0 aromatic carbocycles. The van der Waals surface area contributed by atoms with Crippen molar-refractivity contribution in [3.05, 3.63) is 11.3 Å². The zero-order chi connectivity index (χ0) is 13.2. The molecule has 1 amide bonds. The number of alkyl halides is 3. The van der Waals surface area contributed by atoms with Crippen molar-refractivity contribution < 1.29 is 18.0 Å². The fourth-order valence-corrected chi connectivity index (χ4v) is 1.43. The van der Waals surface area contributed by atoms with Crippen LogP contribution in [0.3, 0.4) is 0 Å². The Bertz CT molecular complexity index is 393. The molecule has 96 valence electrons. The average Bonchev–Trinajstić information content (AvgIpc) is 2.42. The van der Waals surface area contributed by atoms with Crippen LogP contribution in [0.1, 0.15) is 29.4 Å². The summed E-state index contributed by atoms with van der Waals surface area (Å²) in [6, 6.07) is -1.02. The van der Waals surface area contributed by atoms with Gasteiger partial charge in [-0.1, -0.05) is 0 Å². The monoisotopic (exact) mass is 250 g/mol. The van der Waals surface area contributed by atoms with Gasteiger partial charge in [0.2, 0.25) is 0 Å². The number of nitrogens with one attached hydrogen (secondary N) is 2. The number of nitrogen functional groups attached to an aromatic ring is 1. The van der Waals surface area contributed by atoms with Crippen LogP contribution in [0, 0.1) is 6.92 Å². The Hall–Kier alpha value is -1.73. The zero-order valence-electron chi connectivity index (χ0n) is 9.35. The molecule has 0 saturated carbocycles. The number of hydrogen-bond donors (Lipinski definition) is 3. The Balaban J connectivity index is 2.67. The minimum atomic E-state index is -4.32. The van der Waals surface area contributed by atoms with Crippen LogP contribution in [0.4, 0.5) is 19.0 Å². The third-order valence-electron chi connectivity index (χ3n) is 2.12. The maximum atomic E-state index is 12.1. The number of carbonyl (C=O) groups is 1. The summed E-state index contributed by atoms with van der Waals surface area (Å²) in [6.45, 7) is 2.84. The van der Waals surface area contributed by atoms with Gasteiger partial charge in [0.05, 0.1) is 6.42 Å². The minimum Gasteiger partial charge on any atom is -0.382 e. The third kappa shape index (κ3) is 3.65. The van der Waals surface area contributed by atoms with Gasteiger partial charge in [-0.3, -0.25) is 9.89 Å². The molecular weight excluding hydrogens is 237 g/mol. The lowest BCUT2D eigenvalue weighted by molar-refractivity contribution is -0.138. The van der Waals surface area contributed by atoms with Gasteiger partial charge in [0.1, 0.15) is 5.56 Å². The molecule has 0 fully saturated rings. The molecular formula is C9H13F3N4O. The molecule has 0 aliphatic carbocycles. The number of rotatable bonds is 3. The number of H-pyrrole nitrogens is 1. The molecule has 1 atom stereocenters. The summed E-state index contributed by atoms with van der Waals surface area (Å²) in [5.74, 6) is -0.690. The Morgan fingerprint density at radius 3 is 2.59 bits per heavy atom. The molecule has 1 aromatic heterocycles. The fraction of sp³-hybridized carbons (Fsp3) is 0.556. The molecule has 0 aliphatic rings. The Kier molecular flexibility index (Phi) is 3.64. The standard InChI is InChI=1S/C9H13F3N4O/c1-4(3-9(10,11)12)14-8(17)6-5(2)15-16-7(6)13/h4H,3H2,1-2H3,(H,14,17)(H3,13,15,16). The Labute approximate surface area is 95.6 Å². The van der Waals surface area contributed by atoms with E-state index < -0.39 is 24.5 Å². The maximum Gasteiger partial charge on any atom is 0.391 e. The van der Waals surface area contributed by atoms with Gasteiger partial charge in [-0.2, -0.15) is 18.3 Å². The lowest BCUT2D eigenvalue weighted by Gasteiger charge is -2.15. The summed E-state index contributed by atoms with van der Waals surface area (Å²) in [5.41, 5.74) is 5.92. The average molecular weight is 250 g/mol. The lowest BCUT2D eigenvalue weighted by Crippen LogP contribution is -2.36. The van der Waals surface area contributed by atoms with Crippen molar-refractivity contribution in [2.45, 2.75) is 32.5 Å². The van der Waals surface area contributed by atoms with E-state index in [-0.39, 0.29) is 11.4 Å². The maximum absolute atomic E-state index is 12.1. The second-order valence-corrected chi connectivity index (χ2v) is 3.80. The first-order valence-corrected chi connectivity index (χ1v) is 4.88. The fourth-order valence-electron chi connectivity index (χ4n) is 1.43. The Morgan fingerprint density at radius 1 is 1.59 bits per heavy atom. The van der Waals surface area contributed by atoms with Gasteiger partial charge in [-0.05, 0) is 13.8 Å². The van der Waals surface area contributed by atoms with Crippen molar-refractivity contribution in [1.82, 2.24) is 15.5 Å². The van der Waals surface area contributed by atoms with E-state index in [1.54, 1.807) is 6.92 Å². The van der Waals surface area contributed by atoms with Crippen LogP contribution in [-0.4, -0.2) is 28.3 Å². The molecule has 0 saturated heterocycles. The second kappa shape index (κ2) is 4.64. The number of anilines is 1. The van der Waals surface area contributed by atoms with Gasteiger partial charge < -0.3 is 11.1 Å². The smallest absolute Gasteiger partial charge is 0.382 e. The highest BCUT2D eigenvalue weighted by Gasteiger charge is 2.31. The van der Waals surface area contributed by atoms with Gasteiger partial charge in [-0.25, -0.2) is 0 Å². The van der Waals surface area contributed by atoms with E-state index in [1.165, 1.54) is 6.92 Å². The first-order chi connectivity index (χ1) is 7.70. The van der Waals surface area contributed by atoms with E-state index in [9.17, 15) is 18.0 Å². The molecule has 0 spiro atoms. The van der Waals surface area contributed by atoms with Gasteiger partial charge in [0.25, 0.3) is 5.91 Å². The molecule has 4 N–H and O–H groups in total. The normalized spacial score (nSPS) is 13.5. The van der Waals surface area contributed by atoms with Crippen molar-refractivity contribution in [2.24, 2.45) is 0 Å². The molecule has 0 aliphatic heterocycles. The van der Waals surface area contributed by atoms with Crippen molar-refractivity contribution in [3.8, 4) is 0 Å². The number of aryl methyl sites for hydroxylation is 1. The van der Waals surface area contributed by atoms with Gasteiger partial charge in [0, 0.05) is 11.7 Å². The van der Waals surface area contributed by atoms with Crippen LogP contribution >= 0.6 is 0 Å². The SMILES string of the molecule is Cc1[nH]nc(N)c1C(=O)NC(C)CC(F)(F)F. The first kappa shape index (κ1) is 13.3. The highest BCUT2D eigenvalue weighted by Crippen LogP contribution is 2.21. The Morgan fingerprint density at radius 2 is 2.18 bits per heavy atom. The highest BCUT2D eigenvalue weighted by molar-refractivity contribution is 5.99. The van der Waals surface area contributed by atoms with Crippen molar-refractivity contribution in [1.29, 1.82) is 0 Å². The van der Waals surface area contributed by atoms with E-state index in [0.29, 0.717) is 5.69 Å². The summed E-state index contributed by atoms with van der Waals surface area (Å²) >= 11 is 0. The summed E-state index contributed by atoms with van der Waals surface area (Å²) in [4.78, 5) is 11.6. The molecule has 1 unspecified atom stereocenters. The van der Waals surface area contributed by atoms with E-state index in [0.717, 1.165) is 0 Å². The van der Waals surface area contributed by atoms with Crippen LogP contribution in [0.25, 0.3) is 0 Å². The first-order valence-electron chi connectivity index (χ1n) is 4.88. The summed E-state index contributed by atoms with van der Waals surface area (Å²) in [6.07, 6.45) is -5.40. The number of nitrogens with two attached hydrogens (primary N) is 1.